The number of esters is 1. The monoisotopic (exact) mass is 531 g/mol. The number of nitrogens with one attached hydrogen (secondary N) is 2. The molecule has 1 aromatic heterocycles. The molecule has 192 valence electrons. The highest BCUT2D eigenvalue weighted by atomic mass is 32.2. The molecule has 4 amide bonds. The van der Waals surface area contributed by atoms with E-state index in [1.54, 1.807) is 12.1 Å². The number of amides is 4. The van der Waals surface area contributed by atoms with Gasteiger partial charge in [-0.25, -0.2) is 9.59 Å². The van der Waals surface area contributed by atoms with Crippen molar-refractivity contribution in [3.8, 4) is 0 Å². The average molecular weight is 532 g/mol. The van der Waals surface area contributed by atoms with Gasteiger partial charge in [-0.05, 0) is 48.3 Å². The van der Waals surface area contributed by atoms with Crippen LogP contribution in [0.25, 0.3) is 0 Å². The van der Waals surface area contributed by atoms with E-state index in [4.69, 9.17) is 4.74 Å². The maximum absolute atomic E-state index is 13.2. The second-order valence-corrected chi connectivity index (χ2v) is 12.4. The first-order chi connectivity index (χ1) is 17.0. The fourth-order valence-corrected chi connectivity index (χ4v) is 6.99. The molecule has 2 fully saturated rings. The van der Waals surface area contributed by atoms with Crippen LogP contribution in [0.2, 0.25) is 0 Å². The van der Waals surface area contributed by atoms with E-state index in [2.05, 4.69) is 41.6 Å². The van der Waals surface area contributed by atoms with Crippen molar-refractivity contribution in [2.75, 3.05) is 19.0 Å². The van der Waals surface area contributed by atoms with Crippen molar-refractivity contribution in [1.82, 2.24) is 20.4 Å². The second-order valence-electron chi connectivity index (χ2n) is 10.2. The van der Waals surface area contributed by atoms with Crippen LogP contribution in [0.15, 0.2) is 28.6 Å². The summed E-state index contributed by atoms with van der Waals surface area (Å²) in [6, 6.07) is 6.53. The summed E-state index contributed by atoms with van der Waals surface area (Å²) in [4.78, 5) is 51.0. The first-order valence-electron chi connectivity index (χ1n) is 11.6. The highest BCUT2D eigenvalue weighted by Gasteiger charge is 2.56. The lowest BCUT2D eigenvalue weighted by Gasteiger charge is -2.43. The zero-order valence-corrected chi connectivity index (χ0v) is 22.3. The molecule has 0 radical (unpaired) electrons. The second kappa shape index (κ2) is 10.2. The van der Waals surface area contributed by atoms with Crippen molar-refractivity contribution in [3.63, 3.8) is 0 Å². The van der Waals surface area contributed by atoms with E-state index in [9.17, 15) is 19.2 Å². The van der Waals surface area contributed by atoms with E-state index in [0.29, 0.717) is 28.5 Å². The van der Waals surface area contributed by atoms with Crippen molar-refractivity contribution in [2.45, 2.75) is 55.7 Å². The largest absolute Gasteiger partial charge is 0.465 e. The molecule has 36 heavy (non-hydrogen) atoms. The Hall–Kier alpha value is -2.99. The van der Waals surface area contributed by atoms with Crippen LogP contribution in [0.5, 0.6) is 0 Å². The summed E-state index contributed by atoms with van der Waals surface area (Å²) in [5.41, 5.74) is 0.439. The Balaban J connectivity index is 1.31. The summed E-state index contributed by atoms with van der Waals surface area (Å²) in [6.07, 6.45) is 2.10. The Bertz CT molecular complexity index is 1180. The third kappa shape index (κ3) is 5.70. The molecule has 1 saturated carbocycles. The molecule has 1 spiro atoms. The number of rotatable bonds is 7. The minimum atomic E-state index is -0.944. The fraction of sp³-hybridized carbons (Fsp3) is 0.500. The number of hydrogen-bond acceptors (Lipinski definition) is 9. The van der Waals surface area contributed by atoms with E-state index in [0.717, 1.165) is 16.9 Å². The molecule has 12 heteroatoms. The summed E-state index contributed by atoms with van der Waals surface area (Å²) >= 11 is 2.64. The average Bonchev–Trinajstić information content (AvgIpc) is 3.33. The van der Waals surface area contributed by atoms with E-state index < -0.39 is 17.5 Å². The number of anilines is 1. The number of ether oxygens (including phenoxy) is 1. The minimum absolute atomic E-state index is 0.0805. The molecule has 2 aliphatic rings. The van der Waals surface area contributed by atoms with Crippen molar-refractivity contribution < 1.29 is 23.9 Å². The number of aromatic nitrogens is 2. The molecule has 2 heterocycles. The van der Waals surface area contributed by atoms with E-state index in [1.807, 2.05) is 12.1 Å². The number of thioether (sulfide) groups is 1. The van der Waals surface area contributed by atoms with Gasteiger partial charge in [0, 0.05) is 5.75 Å². The lowest BCUT2D eigenvalue weighted by atomic mass is 9.64. The Kier molecular flexibility index (Phi) is 7.37. The first kappa shape index (κ1) is 26.1. The van der Waals surface area contributed by atoms with Gasteiger partial charge in [-0.15, -0.1) is 10.2 Å². The van der Waals surface area contributed by atoms with Crippen molar-refractivity contribution in [1.29, 1.82) is 0 Å². The Morgan fingerprint density at radius 1 is 1.22 bits per heavy atom. The first-order valence-corrected chi connectivity index (χ1v) is 13.4. The SMILES string of the molecule is COC(=O)c1ccc(CSc2nnc(NC(=O)CN3C(=O)N[C@@]4(C[C@@H](C)CC(C)(C)C4)C3=O)s2)cc1. The molecule has 2 N–H and O–H groups in total. The maximum atomic E-state index is 13.2. The number of hydrogen-bond donors (Lipinski definition) is 2. The number of nitrogens with zero attached hydrogens (tertiary/aromatic N) is 3. The lowest BCUT2D eigenvalue weighted by Crippen LogP contribution is -2.54. The van der Waals surface area contributed by atoms with Crippen molar-refractivity contribution >= 4 is 52.0 Å². The number of benzene rings is 1. The van der Waals surface area contributed by atoms with Crippen molar-refractivity contribution in [2.24, 2.45) is 11.3 Å². The molecule has 2 atom stereocenters. The molecule has 4 rings (SSSR count). The van der Waals surface area contributed by atoms with Crippen LogP contribution in [0.4, 0.5) is 9.93 Å². The number of carbonyl (C=O) groups excluding carboxylic acids is 4. The Labute approximate surface area is 217 Å². The molecule has 1 aromatic carbocycles. The quantitative estimate of drug-likeness (QED) is 0.239. The maximum Gasteiger partial charge on any atom is 0.337 e. The third-order valence-electron chi connectivity index (χ3n) is 6.32. The van der Waals surface area contributed by atoms with Gasteiger partial charge >= 0.3 is 12.0 Å². The zero-order valence-electron chi connectivity index (χ0n) is 20.6. The molecular formula is C24H29N5O5S2. The van der Waals surface area contributed by atoms with Crippen LogP contribution in [0.3, 0.4) is 0 Å². The van der Waals surface area contributed by atoms with Crippen LogP contribution < -0.4 is 10.6 Å². The van der Waals surface area contributed by atoms with Crippen molar-refractivity contribution in [3.05, 3.63) is 35.4 Å². The smallest absolute Gasteiger partial charge is 0.337 e. The Morgan fingerprint density at radius 3 is 2.61 bits per heavy atom. The molecule has 1 aliphatic carbocycles. The number of carbonyl (C=O) groups is 4. The van der Waals surface area contributed by atoms with Gasteiger partial charge in [-0.3, -0.25) is 19.8 Å². The summed E-state index contributed by atoms with van der Waals surface area (Å²) in [6.45, 7) is 5.90. The van der Waals surface area contributed by atoms with Crippen LogP contribution >= 0.6 is 23.1 Å². The van der Waals surface area contributed by atoms with E-state index in [1.165, 1.54) is 30.2 Å². The van der Waals surface area contributed by atoms with Gasteiger partial charge in [-0.1, -0.05) is 56.0 Å². The van der Waals surface area contributed by atoms with E-state index in [-0.39, 0.29) is 34.9 Å². The van der Waals surface area contributed by atoms with Gasteiger partial charge in [0.2, 0.25) is 11.0 Å². The lowest BCUT2D eigenvalue weighted by molar-refractivity contribution is -0.136. The fourth-order valence-electron chi connectivity index (χ4n) is 5.27. The predicted octanol–water partition coefficient (Wildman–Crippen LogP) is 3.69. The summed E-state index contributed by atoms with van der Waals surface area (Å²) in [7, 11) is 1.34. The summed E-state index contributed by atoms with van der Waals surface area (Å²) in [5.74, 6) is -0.351. The van der Waals surface area contributed by atoms with Crippen LogP contribution in [0, 0.1) is 11.3 Å². The zero-order chi connectivity index (χ0) is 26.1. The highest BCUT2D eigenvalue weighted by Crippen LogP contribution is 2.46. The van der Waals surface area contributed by atoms with Crippen LogP contribution in [-0.4, -0.2) is 58.1 Å². The summed E-state index contributed by atoms with van der Waals surface area (Å²) < 4.78 is 5.34. The number of urea groups is 1. The molecule has 2 aromatic rings. The molecular weight excluding hydrogens is 502 g/mol. The standard InChI is InChI=1S/C24H29N5O5S2/c1-14-9-23(2,3)13-24(10-14)19(32)29(21(33)26-24)11-17(30)25-20-27-28-22(36-20)35-12-15-5-7-16(8-6-15)18(31)34-4/h5-8,14H,9-13H2,1-4H3,(H,26,33)(H,25,27,30)/t14-,24+/m0/s1. The van der Waals surface area contributed by atoms with Gasteiger partial charge in [-0.2, -0.15) is 0 Å². The highest BCUT2D eigenvalue weighted by molar-refractivity contribution is 8.00. The van der Waals surface area contributed by atoms with Gasteiger partial charge in [0.25, 0.3) is 5.91 Å². The number of imide groups is 1. The molecule has 0 unspecified atom stereocenters. The predicted molar refractivity (Wildman–Crippen MR) is 136 cm³/mol. The summed E-state index contributed by atoms with van der Waals surface area (Å²) in [5, 5.41) is 13.9. The van der Waals surface area contributed by atoms with Crippen LogP contribution in [0.1, 0.15) is 56.0 Å². The van der Waals surface area contributed by atoms with Gasteiger partial charge in [0.05, 0.1) is 12.7 Å². The van der Waals surface area contributed by atoms with Gasteiger partial charge in [0.15, 0.2) is 4.34 Å². The topological polar surface area (TPSA) is 131 Å². The molecule has 0 bridgehead atoms. The molecule has 1 saturated heterocycles. The van der Waals surface area contributed by atoms with Gasteiger partial charge in [0.1, 0.15) is 12.1 Å². The third-order valence-corrected chi connectivity index (χ3v) is 8.36. The van der Waals surface area contributed by atoms with Gasteiger partial charge < -0.3 is 10.1 Å². The molecule has 10 nitrogen and oxygen atoms in total. The Morgan fingerprint density at radius 2 is 1.94 bits per heavy atom. The van der Waals surface area contributed by atoms with Crippen LogP contribution in [-0.2, 0) is 20.1 Å². The normalized spacial score (nSPS) is 23.0. The molecule has 1 aliphatic heterocycles. The van der Waals surface area contributed by atoms with E-state index >= 15 is 0 Å². The number of methoxy groups -OCH3 is 1. The minimum Gasteiger partial charge on any atom is -0.465 e.